The second kappa shape index (κ2) is 13.1. The maximum atomic E-state index is 12.1. The zero-order chi connectivity index (χ0) is 29.4. The molecule has 8 heteroatoms. The van der Waals surface area contributed by atoms with E-state index < -0.39 is 0 Å². The first-order valence-corrected chi connectivity index (χ1v) is 14.3. The third kappa shape index (κ3) is 7.29. The number of nitrogens with zero attached hydrogens (tertiary/aromatic N) is 1. The van der Waals surface area contributed by atoms with Gasteiger partial charge in [0, 0.05) is 24.5 Å². The van der Waals surface area contributed by atoms with Crippen molar-refractivity contribution in [3.8, 4) is 23.0 Å². The molecular weight excluding hydrogens is 542 g/mol. The van der Waals surface area contributed by atoms with Gasteiger partial charge in [-0.25, -0.2) is 4.79 Å². The molecule has 218 valence electrons. The van der Waals surface area contributed by atoms with Gasteiger partial charge in [0.15, 0.2) is 23.0 Å². The molecule has 8 nitrogen and oxygen atoms in total. The number of hydrogen-bond acceptors (Lipinski definition) is 6. The van der Waals surface area contributed by atoms with Crippen molar-refractivity contribution in [3.05, 3.63) is 107 Å². The highest BCUT2D eigenvalue weighted by atomic mass is 16.7. The third-order valence-corrected chi connectivity index (χ3v) is 7.22. The molecule has 3 heterocycles. The largest absolute Gasteiger partial charge is 0.454 e. The second-order valence-electron chi connectivity index (χ2n) is 10.3. The van der Waals surface area contributed by atoms with Gasteiger partial charge in [0.2, 0.25) is 13.6 Å². The standard InChI is InChI=1S/C20H20N2O3.C15H13NO2/c23-20(22-11-1-2-12-22)21-17-8-5-15(6-9-17)3-4-16-7-10-18-19(13-16)25-14-24-18;16-13-6-3-11(4-7-13)1-2-12-5-8-14-15(9-12)18-10-17-14/h3-10,13H,1-2,11-12,14H2,(H,21,23);1-9H,10,16H2/b4-3+;2-1+. The van der Waals surface area contributed by atoms with Crippen molar-refractivity contribution in [2.24, 2.45) is 0 Å². The molecule has 1 fully saturated rings. The fourth-order valence-corrected chi connectivity index (χ4v) is 4.83. The normalized spacial score (nSPS) is 14.7. The number of fused-ring (bicyclic) bond motifs is 2. The minimum Gasteiger partial charge on any atom is -0.454 e. The van der Waals surface area contributed by atoms with Gasteiger partial charge in [-0.15, -0.1) is 0 Å². The highest BCUT2D eigenvalue weighted by molar-refractivity contribution is 5.89. The molecule has 0 aromatic heterocycles. The Hall–Kier alpha value is -5.37. The molecule has 1 saturated heterocycles. The summed E-state index contributed by atoms with van der Waals surface area (Å²) in [5.74, 6) is 3.17. The lowest BCUT2D eigenvalue weighted by molar-refractivity contribution is 0.173. The summed E-state index contributed by atoms with van der Waals surface area (Å²) in [5.41, 5.74) is 11.5. The fraction of sp³-hybridized carbons (Fsp3) is 0.171. The molecule has 3 N–H and O–H groups in total. The highest BCUT2D eigenvalue weighted by Crippen LogP contribution is 2.34. The zero-order valence-corrected chi connectivity index (χ0v) is 23.7. The van der Waals surface area contributed by atoms with Crippen molar-refractivity contribution in [3.63, 3.8) is 0 Å². The Kier molecular flexibility index (Phi) is 8.45. The van der Waals surface area contributed by atoms with Crippen molar-refractivity contribution >= 4 is 41.7 Å². The Morgan fingerprint density at radius 2 is 1.05 bits per heavy atom. The molecule has 3 aliphatic heterocycles. The Bertz CT molecular complexity index is 1620. The molecule has 2 amide bonds. The molecule has 3 aliphatic rings. The molecule has 43 heavy (non-hydrogen) atoms. The van der Waals surface area contributed by atoms with Crippen LogP contribution in [-0.4, -0.2) is 37.6 Å². The number of carbonyl (C=O) groups is 1. The van der Waals surface area contributed by atoms with Gasteiger partial charge in [-0.2, -0.15) is 0 Å². The maximum Gasteiger partial charge on any atom is 0.321 e. The SMILES string of the molecule is Nc1ccc(/C=C/c2ccc3c(c2)OCO3)cc1.O=C(Nc1ccc(/C=C/c2ccc3c(c2)OCO3)cc1)N1CCCC1. The minimum absolute atomic E-state index is 0.0128. The van der Waals surface area contributed by atoms with E-state index in [1.165, 1.54) is 0 Å². The molecule has 0 unspecified atom stereocenters. The van der Waals surface area contributed by atoms with Crippen LogP contribution in [-0.2, 0) is 0 Å². The molecule has 4 aromatic rings. The summed E-state index contributed by atoms with van der Waals surface area (Å²) in [5, 5.41) is 2.95. The smallest absolute Gasteiger partial charge is 0.321 e. The summed E-state index contributed by atoms with van der Waals surface area (Å²) in [7, 11) is 0. The molecule has 4 aromatic carbocycles. The number of ether oxygens (including phenoxy) is 4. The van der Waals surface area contributed by atoms with E-state index in [0.29, 0.717) is 6.79 Å². The first kappa shape index (κ1) is 27.8. The minimum atomic E-state index is -0.0128. The topological polar surface area (TPSA) is 95.3 Å². The van der Waals surface area contributed by atoms with Gasteiger partial charge < -0.3 is 34.9 Å². The van der Waals surface area contributed by atoms with E-state index in [1.807, 2.05) is 114 Å². The van der Waals surface area contributed by atoms with Crippen LogP contribution in [0.5, 0.6) is 23.0 Å². The Morgan fingerprint density at radius 3 is 1.58 bits per heavy atom. The van der Waals surface area contributed by atoms with Gasteiger partial charge >= 0.3 is 6.03 Å². The number of carbonyl (C=O) groups excluding carboxylic acids is 1. The van der Waals surface area contributed by atoms with Crippen LogP contribution in [0.2, 0.25) is 0 Å². The van der Waals surface area contributed by atoms with Crippen molar-refractivity contribution in [1.82, 2.24) is 4.90 Å². The number of benzene rings is 4. The van der Waals surface area contributed by atoms with Crippen molar-refractivity contribution in [2.45, 2.75) is 12.8 Å². The van der Waals surface area contributed by atoms with Crippen LogP contribution in [0.1, 0.15) is 35.1 Å². The molecule has 0 spiro atoms. The quantitative estimate of drug-likeness (QED) is 0.190. The summed E-state index contributed by atoms with van der Waals surface area (Å²) in [6, 6.07) is 27.3. The second-order valence-corrected chi connectivity index (χ2v) is 10.3. The number of hydrogen-bond donors (Lipinski definition) is 2. The van der Waals surface area contributed by atoms with Crippen LogP contribution in [0.15, 0.2) is 84.9 Å². The molecule has 0 saturated carbocycles. The molecule has 0 radical (unpaired) electrons. The molecule has 0 bridgehead atoms. The predicted octanol–water partition coefficient (Wildman–Crippen LogP) is 7.38. The average Bonchev–Trinajstić information content (AvgIpc) is 3.83. The predicted molar refractivity (Wildman–Crippen MR) is 170 cm³/mol. The lowest BCUT2D eigenvalue weighted by Crippen LogP contribution is -2.32. The molecule has 0 aliphatic carbocycles. The number of likely N-dealkylation sites (tertiary alicyclic amines) is 1. The Balaban J connectivity index is 0.000000162. The third-order valence-electron chi connectivity index (χ3n) is 7.22. The van der Waals surface area contributed by atoms with Crippen LogP contribution in [0.3, 0.4) is 0 Å². The van der Waals surface area contributed by atoms with Crippen molar-refractivity contribution < 1.29 is 23.7 Å². The lowest BCUT2D eigenvalue weighted by atomic mass is 10.1. The first-order valence-electron chi connectivity index (χ1n) is 14.3. The number of anilines is 2. The van der Waals surface area contributed by atoms with Gasteiger partial charge in [0.25, 0.3) is 0 Å². The average molecular weight is 576 g/mol. The number of nitrogens with two attached hydrogens (primary N) is 1. The lowest BCUT2D eigenvalue weighted by Gasteiger charge is -2.16. The zero-order valence-electron chi connectivity index (χ0n) is 23.7. The van der Waals surface area contributed by atoms with Crippen molar-refractivity contribution in [2.75, 3.05) is 37.7 Å². The highest BCUT2D eigenvalue weighted by Gasteiger charge is 2.17. The maximum absolute atomic E-state index is 12.1. The summed E-state index contributed by atoms with van der Waals surface area (Å²) >= 11 is 0. The summed E-state index contributed by atoms with van der Waals surface area (Å²) < 4.78 is 21.3. The number of amides is 2. The van der Waals surface area contributed by atoms with Crippen LogP contribution in [0, 0.1) is 0 Å². The van der Waals surface area contributed by atoms with E-state index in [1.54, 1.807) is 0 Å². The molecular formula is C35H33N3O5. The van der Waals surface area contributed by atoms with Gasteiger partial charge in [0.05, 0.1) is 0 Å². The number of urea groups is 1. The molecule has 0 atom stereocenters. The van der Waals surface area contributed by atoms with Gasteiger partial charge in [-0.05, 0) is 83.6 Å². The monoisotopic (exact) mass is 575 g/mol. The van der Waals surface area contributed by atoms with Crippen LogP contribution >= 0.6 is 0 Å². The first-order chi connectivity index (χ1) is 21.1. The molecule has 7 rings (SSSR count). The summed E-state index contributed by atoms with van der Waals surface area (Å²) in [6.07, 6.45) is 10.3. The summed E-state index contributed by atoms with van der Waals surface area (Å²) in [4.78, 5) is 13.9. The van der Waals surface area contributed by atoms with Crippen LogP contribution in [0.4, 0.5) is 16.2 Å². The fourth-order valence-electron chi connectivity index (χ4n) is 4.83. The Labute approximate surface area is 250 Å². The van der Waals surface area contributed by atoms with E-state index in [0.717, 1.165) is 82.6 Å². The van der Waals surface area contributed by atoms with Crippen LogP contribution < -0.4 is 30.0 Å². The summed E-state index contributed by atoms with van der Waals surface area (Å²) in [6.45, 7) is 2.29. The number of nitrogens with one attached hydrogen (secondary N) is 1. The van der Waals surface area contributed by atoms with E-state index >= 15 is 0 Å². The van der Waals surface area contributed by atoms with E-state index in [9.17, 15) is 4.79 Å². The van der Waals surface area contributed by atoms with Gasteiger partial charge in [-0.3, -0.25) is 0 Å². The van der Waals surface area contributed by atoms with E-state index in [4.69, 9.17) is 24.7 Å². The van der Waals surface area contributed by atoms with E-state index in [2.05, 4.69) is 5.32 Å². The van der Waals surface area contributed by atoms with Crippen molar-refractivity contribution in [1.29, 1.82) is 0 Å². The van der Waals surface area contributed by atoms with Gasteiger partial charge in [-0.1, -0.05) is 60.7 Å². The number of rotatable bonds is 5. The van der Waals surface area contributed by atoms with E-state index in [-0.39, 0.29) is 12.8 Å². The number of nitrogen functional groups attached to an aromatic ring is 1. The van der Waals surface area contributed by atoms with Gasteiger partial charge in [0.1, 0.15) is 0 Å². The van der Waals surface area contributed by atoms with Crippen LogP contribution in [0.25, 0.3) is 24.3 Å². The Morgan fingerprint density at radius 1 is 0.605 bits per heavy atom.